The van der Waals surface area contributed by atoms with E-state index in [0.29, 0.717) is 6.61 Å². The van der Waals surface area contributed by atoms with E-state index in [9.17, 15) is 5.11 Å². The minimum atomic E-state index is -1.86. The molecule has 0 aliphatic rings. The van der Waals surface area contributed by atoms with Gasteiger partial charge in [0.25, 0.3) is 0 Å². The van der Waals surface area contributed by atoms with Crippen molar-refractivity contribution in [3.63, 3.8) is 0 Å². The zero-order valence-corrected chi connectivity index (χ0v) is 18.1. The van der Waals surface area contributed by atoms with E-state index in [-0.39, 0.29) is 10.3 Å². The molecule has 2 nitrogen and oxygen atoms in total. The van der Waals surface area contributed by atoms with Crippen LogP contribution in [0.25, 0.3) is 0 Å². The summed E-state index contributed by atoms with van der Waals surface area (Å²) in [4.78, 5) is 0. The third-order valence-corrected chi connectivity index (χ3v) is 14.5. The highest BCUT2D eigenvalue weighted by atomic mass is 28.4. The Kier molecular flexibility index (Phi) is 7.89. The van der Waals surface area contributed by atoms with Crippen LogP contribution in [0.2, 0.25) is 37.8 Å². The first-order chi connectivity index (χ1) is 9.45. The molecular weight excluding hydrogens is 292 g/mol. The van der Waals surface area contributed by atoms with Crippen molar-refractivity contribution in [2.45, 2.75) is 103 Å². The largest absolute Gasteiger partial charge is 0.414 e. The maximum absolute atomic E-state index is 9.28. The molecule has 0 aromatic heterocycles. The summed E-state index contributed by atoms with van der Waals surface area (Å²) in [5.41, 5.74) is 0. The summed E-state index contributed by atoms with van der Waals surface area (Å²) < 4.78 is 7.00. The van der Waals surface area contributed by atoms with Crippen LogP contribution >= 0.6 is 0 Å². The molecule has 1 N–H and O–H groups in total. The second-order valence-electron chi connectivity index (χ2n) is 8.26. The molecule has 0 aromatic rings. The van der Waals surface area contributed by atoms with Crippen molar-refractivity contribution in [3.05, 3.63) is 0 Å². The Morgan fingerprint density at radius 3 is 1.67 bits per heavy atom. The summed E-state index contributed by atoms with van der Waals surface area (Å²) in [5.74, 6) is 0. The molecule has 0 bridgehead atoms. The molecule has 1 atom stereocenters. The zero-order valence-electron chi connectivity index (χ0n) is 16.1. The minimum absolute atomic E-state index is 0.0531. The summed E-state index contributed by atoms with van der Waals surface area (Å²) in [6, 6.07) is 0. The van der Waals surface area contributed by atoms with Gasteiger partial charge in [-0.3, -0.25) is 0 Å². The van der Waals surface area contributed by atoms with Crippen LogP contribution in [0.1, 0.15) is 59.8 Å². The van der Waals surface area contributed by atoms with Crippen LogP contribution in [-0.4, -0.2) is 33.3 Å². The van der Waals surface area contributed by atoms with Gasteiger partial charge in [0.2, 0.25) is 0 Å². The molecule has 4 heteroatoms. The molecule has 0 radical (unpaired) electrons. The van der Waals surface area contributed by atoms with Crippen molar-refractivity contribution in [1.82, 2.24) is 0 Å². The van der Waals surface area contributed by atoms with Gasteiger partial charge in [-0.2, -0.15) is 0 Å². The Labute approximate surface area is 135 Å². The van der Waals surface area contributed by atoms with Gasteiger partial charge in [0.1, 0.15) is 0 Å². The van der Waals surface area contributed by atoms with Gasteiger partial charge >= 0.3 is 0 Å². The third kappa shape index (κ3) is 4.66. The van der Waals surface area contributed by atoms with Crippen molar-refractivity contribution in [1.29, 1.82) is 0 Å². The van der Waals surface area contributed by atoms with E-state index in [0.717, 1.165) is 32.1 Å². The second kappa shape index (κ2) is 7.76. The predicted octanol–water partition coefficient (Wildman–Crippen LogP) is 5.59. The van der Waals surface area contributed by atoms with Gasteiger partial charge < -0.3 is 9.53 Å². The summed E-state index contributed by atoms with van der Waals surface area (Å²) in [6.45, 7) is 21.6. The molecule has 1 unspecified atom stereocenters. The average Bonchev–Trinajstić information content (AvgIpc) is 2.38. The summed E-state index contributed by atoms with van der Waals surface area (Å²) in [7, 11) is -3.26. The van der Waals surface area contributed by atoms with E-state index >= 15 is 0 Å². The van der Waals surface area contributed by atoms with E-state index in [1.165, 1.54) is 0 Å². The fourth-order valence-corrected chi connectivity index (χ4v) is 10.6. The fraction of sp³-hybridized carbons (Fsp3) is 1.00. The van der Waals surface area contributed by atoms with Gasteiger partial charge in [-0.15, -0.1) is 0 Å². The number of aliphatic hydroxyl groups excluding tert-OH is 1. The topological polar surface area (TPSA) is 29.5 Å². The number of hydrogen-bond donors (Lipinski definition) is 1. The van der Waals surface area contributed by atoms with Gasteiger partial charge in [0.15, 0.2) is 8.32 Å². The van der Waals surface area contributed by atoms with Gasteiger partial charge in [0.05, 0.1) is 8.07 Å². The second-order valence-corrected chi connectivity index (χ2v) is 18.1. The number of rotatable bonds is 10. The first kappa shape index (κ1) is 21.4. The van der Waals surface area contributed by atoms with Crippen molar-refractivity contribution in [2.75, 3.05) is 6.61 Å². The Morgan fingerprint density at radius 1 is 0.905 bits per heavy atom. The summed E-state index contributed by atoms with van der Waals surface area (Å²) in [5, 5.41) is 9.61. The smallest absolute Gasteiger partial charge is 0.193 e. The molecule has 0 heterocycles. The van der Waals surface area contributed by atoms with Crippen LogP contribution in [0.3, 0.4) is 0 Å². The highest BCUT2D eigenvalue weighted by Gasteiger charge is 2.51. The summed E-state index contributed by atoms with van der Waals surface area (Å²) >= 11 is 0. The van der Waals surface area contributed by atoms with Crippen LogP contribution in [0.15, 0.2) is 0 Å². The third-order valence-electron chi connectivity index (χ3n) is 6.19. The van der Waals surface area contributed by atoms with Crippen LogP contribution in [0.4, 0.5) is 0 Å². The lowest BCUT2D eigenvalue weighted by atomic mass is 9.96. The molecule has 0 fully saturated rings. The van der Waals surface area contributed by atoms with Crippen LogP contribution in [0.5, 0.6) is 0 Å². The Bertz CT molecular complexity index is 306. The fourth-order valence-electron chi connectivity index (χ4n) is 3.60. The van der Waals surface area contributed by atoms with E-state index in [1.807, 2.05) is 0 Å². The summed E-state index contributed by atoms with van der Waals surface area (Å²) in [6.07, 6.45) is 5.42. The first-order valence-electron chi connectivity index (χ1n) is 8.76. The first-order valence-corrected chi connectivity index (χ1v) is 15.2. The molecule has 0 aliphatic heterocycles. The SMILES string of the molecule is CCC(C)(O[Si](C)(C)C(CC)(CC)CCCO)[Si](C)(C)C. The van der Waals surface area contributed by atoms with Gasteiger partial charge in [-0.25, -0.2) is 0 Å². The van der Waals surface area contributed by atoms with Crippen molar-refractivity contribution in [3.8, 4) is 0 Å². The van der Waals surface area contributed by atoms with Crippen LogP contribution in [-0.2, 0) is 4.43 Å². The lowest BCUT2D eigenvalue weighted by Crippen LogP contribution is -2.60. The molecule has 0 rings (SSSR count). The molecule has 0 aliphatic carbocycles. The molecular formula is C17H40O2Si2. The van der Waals surface area contributed by atoms with Gasteiger partial charge in [-0.1, -0.05) is 53.3 Å². The quantitative estimate of drug-likeness (QED) is 0.529. The molecule has 21 heavy (non-hydrogen) atoms. The van der Waals surface area contributed by atoms with E-state index in [2.05, 4.69) is 60.4 Å². The van der Waals surface area contributed by atoms with E-state index in [1.54, 1.807) is 0 Å². The highest BCUT2D eigenvalue weighted by Crippen LogP contribution is 2.51. The Hall–Kier alpha value is 0.354. The zero-order chi connectivity index (χ0) is 16.9. The van der Waals surface area contributed by atoms with Crippen molar-refractivity contribution in [2.24, 2.45) is 0 Å². The molecule has 0 amide bonds. The number of aliphatic hydroxyl groups is 1. The molecule has 0 saturated carbocycles. The molecule has 0 aromatic carbocycles. The van der Waals surface area contributed by atoms with Gasteiger partial charge in [0, 0.05) is 11.8 Å². The van der Waals surface area contributed by atoms with E-state index < -0.39 is 16.4 Å². The van der Waals surface area contributed by atoms with Crippen molar-refractivity contribution >= 4 is 16.4 Å². The monoisotopic (exact) mass is 332 g/mol. The molecule has 0 spiro atoms. The maximum atomic E-state index is 9.28. The van der Waals surface area contributed by atoms with Crippen LogP contribution < -0.4 is 0 Å². The van der Waals surface area contributed by atoms with Crippen molar-refractivity contribution < 1.29 is 9.53 Å². The normalized spacial score (nSPS) is 16.9. The van der Waals surface area contributed by atoms with Gasteiger partial charge in [-0.05, 0) is 44.3 Å². The van der Waals surface area contributed by atoms with E-state index in [4.69, 9.17) is 4.43 Å². The Morgan fingerprint density at radius 2 is 1.38 bits per heavy atom. The highest BCUT2D eigenvalue weighted by molar-refractivity contribution is 6.81. The lowest BCUT2D eigenvalue weighted by Gasteiger charge is -2.52. The minimum Gasteiger partial charge on any atom is -0.414 e. The number of hydrogen-bond acceptors (Lipinski definition) is 2. The maximum Gasteiger partial charge on any atom is 0.193 e. The van der Waals surface area contributed by atoms with Crippen LogP contribution in [0, 0.1) is 0 Å². The lowest BCUT2D eigenvalue weighted by molar-refractivity contribution is 0.130. The predicted molar refractivity (Wildman–Crippen MR) is 100 cm³/mol. The standard InChI is InChI=1S/C17H40O2Si2/c1-10-16(4,20(5,6)7)19-21(8,9)17(11-2,12-3)14-13-15-18/h18H,10-15H2,1-9H3. The molecule has 128 valence electrons. The Balaban J connectivity index is 5.49. The average molecular weight is 333 g/mol. The molecule has 0 saturated heterocycles.